The fourth-order valence-corrected chi connectivity index (χ4v) is 4.01. The standard InChI is InChI=1S/C24H22N3O2S.BrH/c1-19-11-13-21(14-12-19)24(25-26-30(28,29)23-9-3-2-4-10-23)18-27-16-15-20-7-5-6-8-22(20)17-27;/h2-17,26H,18H2,1H3;1H/q+1;/p-1/b25-24-;. The molecule has 4 rings (SSSR count). The smallest absolute Gasteiger partial charge is 0.276 e. The summed E-state index contributed by atoms with van der Waals surface area (Å²) in [6.07, 6.45) is 4.00. The first-order chi connectivity index (χ1) is 14.5. The highest BCUT2D eigenvalue weighted by molar-refractivity contribution is 7.89. The topological polar surface area (TPSA) is 62.4 Å². The molecule has 31 heavy (non-hydrogen) atoms. The van der Waals surface area contributed by atoms with Crippen LogP contribution in [0.15, 0.2) is 107 Å². The van der Waals surface area contributed by atoms with E-state index in [1.165, 1.54) is 0 Å². The van der Waals surface area contributed by atoms with Crippen molar-refractivity contribution in [3.05, 3.63) is 108 Å². The fourth-order valence-electron chi connectivity index (χ4n) is 3.15. The van der Waals surface area contributed by atoms with Crippen LogP contribution in [0, 0.1) is 6.92 Å². The van der Waals surface area contributed by atoms with E-state index >= 15 is 0 Å². The number of aromatic nitrogens is 1. The van der Waals surface area contributed by atoms with Crippen molar-refractivity contribution in [2.24, 2.45) is 5.10 Å². The molecule has 1 N–H and O–H groups in total. The Morgan fingerprint density at radius 3 is 2.23 bits per heavy atom. The zero-order chi connectivity index (χ0) is 21.0. The van der Waals surface area contributed by atoms with Crippen LogP contribution in [0.1, 0.15) is 11.1 Å². The Morgan fingerprint density at radius 2 is 1.52 bits per heavy atom. The molecule has 0 radical (unpaired) electrons. The molecule has 3 aromatic carbocycles. The van der Waals surface area contributed by atoms with E-state index in [2.05, 4.69) is 16.0 Å². The lowest BCUT2D eigenvalue weighted by atomic mass is 10.1. The second kappa shape index (κ2) is 9.85. The molecule has 0 bridgehead atoms. The van der Waals surface area contributed by atoms with Crippen molar-refractivity contribution in [2.45, 2.75) is 18.4 Å². The van der Waals surface area contributed by atoms with Crippen LogP contribution in [-0.4, -0.2) is 14.1 Å². The molecule has 158 valence electrons. The number of pyridine rings is 1. The molecule has 0 saturated heterocycles. The number of nitrogens with zero attached hydrogens (tertiary/aromatic N) is 2. The van der Waals surface area contributed by atoms with Gasteiger partial charge in [0.2, 0.25) is 0 Å². The van der Waals surface area contributed by atoms with E-state index in [0.29, 0.717) is 12.3 Å². The van der Waals surface area contributed by atoms with Gasteiger partial charge in [-0.05, 0) is 30.5 Å². The second-order valence-electron chi connectivity index (χ2n) is 7.08. The Kier molecular flexibility index (Phi) is 7.20. The van der Waals surface area contributed by atoms with Crippen LogP contribution in [0.25, 0.3) is 10.8 Å². The molecular weight excluding hydrogens is 474 g/mol. The molecular formula is C24H22BrN3O2S. The van der Waals surface area contributed by atoms with Gasteiger partial charge in [0.1, 0.15) is 5.71 Å². The van der Waals surface area contributed by atoms with E-state index in [-0.39, 0.29) is 21.9 Å². The minimum atomic E-state index is -3.75. The molecule has 0 unspecified atom stereocenters. The Balaban J connectivity index is 0.00000272. The maximum Gasteiger partial charge on any atom is 0.276 e. The van der Waals surface area contributed by atoms with Crippen LogP contribution in [0.5, 0.6) is 0 Å². The van der Waals surface area contributed by atoms with Crippen LogP contribution in [0.4, 0.5) is 0 Å². The van der Waals surface area contributed by atoms with E-state index in [1.807, 2.05) is 72.4 Å². The molecule has 0 aliphatic carbocycles. The van der Waals surface area contributed by atoms with E-state index in [9.17, 15) is 8.42 Å². The molecule has 0 aliphatic heterocycles. The first kappa shape index (κ1) is 22.7. The SMILES string of the molecule is Cc1ccc(/C(C[n+]2ccc3ccccc3c2)=N\NS(=O)(=O)c2ccccc2)cc1.[Br-]. The van der Waals surface area contributed by atoms with Crippen molar-refractivity contribution in [3.63, 3.8) is 0 Å². The fraction of sp³-hybridized carbons (Fsp3) is 0.0833. The Labute approximate surface area is 192 Å². The highest BCUT2D eigenvalue weighted by Gasteiger charge is 2.16. The minimum absolute atomic E-state index is 0. The number of halogens is 1. The first-order valence-corrected chi connectivity index (χ1v) is 11.1. The summed E-state index contributed by atoms with van der Waals surface area (Å²) >= 11 is 0. The van der Waals surface area contributed by atoms with Gasteiger partial charge in [0, 0.05) is 17.0 Å². The third-order valence-corrected chi connectivity index (χ3v) is 6.04. The maximum atomic E-state index is 12.6. The average molecular weight is 496 g/mol. The number of aryl methyl sites for hydroxylation is 1. The lowest BCUT2D eigenvalue weighted by Gasteiger charge is -2.08. The number of fused-ring (bicyclic) bond motifs is 1. The van der Waals surface area contributed by atoms with Crippen LogP contribution in [0.2, 0.25) is 0 Å². The monoisotopic (exact) mass is 495 g/mol. The largest absolute Gasteiger partial charge is 1.00 e. The summed E-state index contributed by atoms with van der Waals surface area (Å²) in [6, 6.07) is 26.3. The van der Waals surface area contributed by atoms with Gasteiger partial charge in [0.25, 0.3) is 10.0 Å². The summed E-state index contributed by atoms with van der Waals surface area (Å²) < 4.78 is 27.2. The molecule has 7 heteroatoms. The van der Waals surface area contributed by atoms with Crippen molar-refractivity contribution < 1.29 is 30.0 Å². The van der Waals surface area contributed by atoms with Crippen molar-refractivity contribution in [3.8, 4) is 0 Å². The molecule has 0 atom stereocenters. The maximum absolute atomic E-state index is 12.6. The van der Waals surface area contributed by atoms with E-state index < -0.39 is 10.0 Å². The van der Waals surface area contributed by atoms with Gasteiger partial charge in [0.05, 0.1) is 4.90 Å². The Hall–Kier alpha value is -3.03. The third kappa shape index (κ3) is 5.57. The third-order valence-electron chi connectivity index (χ3n) is 4.82. The molecule has 5 nitrogen and oxygen atoms in total. The van der Waals surface area contributed by atoms with Gasteiger partial charge in [-0.3, -0.25) is 0 Å². The average Bonchev–Trinajstić information content (AvgIpc) is 2.78. The summed E-state index contributed by atoms with van der Waals surface area (Å²) in [7, 11) is -3.75. The molecule has 4 aromatic rings. The lowest BCUT2D eigenvalue weighted by Crippen LogP contribution is -3.00. The van der Waals surface area contributed by atoms with Crippen molar-refractivity contribution in [1.29, 1.82) is 0 Å². The van der Waals surface area contributed by atoms with Crippen molar-refractivity contribution in [2.75, 3.05) is 0 Å². The summed E-state index contributed by atoms with van der Waals surface area (Å²) in [5.74, 6) is 0. The van der Waals surface area contributed by atoms with E-state index in [0.717, 1.165) is 21.9 Å². The van der Waals surface area contributed by atoms with Gasteiger partial charge in [-0.15, -0.1) is 0 Å². The minimum Gasteiger partial charge on any atom is -1.00 e. The predicted molar refractivity (Wildman–Crippen MR) is 119 cm³/mol. The normalized spacial score (nSPS) is 11.7. The molecule has 0 fully saturated rings. The van der Waals surface area contributed by atoms with Gasteiger partial charge >= 0.3 is 0 Å². The van der Waals surface area contributed by atoms with Gasteiger partial charge in [-0.1, -0.05) is 66.2 Å². The van der Waals surface area contributed by atoms with Crippen LogP contribution in [0.3, 0.4) is 0 Å². The number of hydrazone groups is 1. The highest BCUT2D eigenvalue weighted by Crippen LogP contribution is 2.11. The zero-order valence-electron chi connectivity index (χ0n) is 16.9. The summed E-state index contributed by atoms with van der Waals surface area (Å²) in [5.41, 5.74) is 2.60. The molecule has 0 spiro atoms. The molecule has 0 amide bonds. The van der Waals surface area contributed by atoms with Crippen molar-refractivity contribution in [1.82, 2.24) is 4.83 Å². The molecule has 1 heterocycles. The molecule has 1 aromatic heterocycles. The van der Waals surface area contributed by atoms with Crippen molar-refractivity contribution >= 4 is 26.5 Å². The number of nitrogens with one attached hydrogen (secondary N) is 1. The predicted octanol–water partition coefficient (Wildman–Crippen LogP) is 0.823. The first-order valence-electron chi connectivity index (χ1n) is 9.60. The number of rotatable bonds is 6. The number of hydrogen-bond donors (Lipinski definition) is 1. The zero-order valence-corrected chi connectivity index (χ0v) is 19.3. The summed E-state index contributed by atoms with van der Waals surface area (Å²) in [5, 5.41) is 6.56. The van der Waals surface area contributed by atoms with E-state index in [4.69, 9.17) is 0 Å². The second-order valence-corrected chi connectivity index (χ2v) is 8.74. The number of benzene rings is 3. The van der Waals surface area contributed by atoms with E-state index in [1.54, 1.807) is 30.3 Å². The van der Waals surface area contributed by atoms with Gasteiger partial charge in [-0.2, -0.15) is 22.9 Å². The lowest BCUT2D eigenvalue weighted by molar-refractivity contribution is -0.680. The van der Waals surface area contributed by atoms with Gasteiger partial charge in [0.15, 0.2) is 18.9 Å². The molecule has 0 saturated carbocycles. The summed E-state index contributed by atoms with van der Waals surface area (Å²) in [6.45, 7) is 2.43. The van der Waals surface area contributed by atoms with Crippen LogP contribution >= 0.6 is 0 Å². The Bertz CT molecular complexity index is 1310. The number of hydrogen-bond acceptors (Lipinski definition) is 3. The van der Waals surface area contributed by atoms with Gasteiger partial charge in [-0.25, -0.2) is 0 Å². The van der Waals surface area contributed by atoms with Crippen LogP contribution < -0.4 is 26.4 Å². The highest BCUT2D eigenvalue weighted by atomic mass is 79.9. The number of sulfonamides is 1. The van der Waals surface area contributed by atoms with Gasteiger partial charge < -0.3 is 17.0 Å². The quantitative estimate of drug-likeness (QED) is 0.244. The Morgan fingerprint density at radius 1 is 0.871 bits per heavy atom. The van der Waals surface area contributed by atoms with Crippen LogP contribution in [-0.2, 0) is 16.6 Å². The summed E-state index contributed by atoms with van der Waals surface area (Å²) in [4.78, 5) is 2.57. The molecule has 0 aliphatic rings.